The Labute approximate surface area is 151 Å². The summed E-state index contributed by atoms with van der Waals surface area (Å²) in [6, 6.07) is 18.6. The number of hydrogen-bond donors (Lipinski definition) is 0. The van der Waals surface area contributed by atoms with Crippen LogP contribution in [-0.2, 0) is 0 Å². The van der Waals surface area contributed by atoms with Gasteiger partial charge in [0.2, 0.25) is 0 Å². The molecular weight excluding hydrogens is 348 g/mol. The zero-order chi connectivity index (χ0) is 16.8. The Kier molecular flexibility index (Phi) is 3.29. The Morgan fingerprint density at radius 1 is 0.960 bits per heavy atom. The minimum Gasteiger partial charge on any atom is -0.296 e. The maximum atomic E-state index is 11.8. The molecule has 0 N–H and O–H groups in total. The van der Waals surface area contributed by atoms with Gasteiger partial charge in [-0.25, -0.2) is 4.98 Å². The van der Waals surface area contributed by atoms with Gasteiger partial charge in [-0.3, -0.25) is 9.20 Å². The quantitative estimate of drug-likeness (QED) is 0.384. The van der Waals surface area contributed by atoms with Gasteiger partial charge in [-0.05, 0) is 28.3 Å². The predicted octanol–water partition coefficient (Wildman–Crippen LogP) is 5.76. The van der Waals surface area contributed by atoms with Crippen molar-refractivity contribution in [1.29, 1.82) is 0 Å². The van der Waals surface area contributed by atoms with E-state index in [9.17, 15) is 4.79 Å². The molecule has 0 amide bonds. The molecule has 120 valence electrons. The number of hydrogen-bond acceptors (Lipinski definition) is 4. The average Bonchev–Trinajstić information content (AvgIpc) is 3.37. The van der Waals surface area contributed by atoms with Gasteiger partial charge >= 0.3 is 0 Å². The van der Waals surface area contributed by atoms with Gasteiger partial charge in [0.05, 0.1) is 10.6 Å². The first-order valence-electron chi connectivity index (χ1n) is 7.83. The topological polar surface area (TPSA) is 34.4 Å². The highest BCUT2D eigenvalue weighted by atomic mass is 32.1. The number of carbonyl (C=O) groups is 1. The van der Waals surface area contributed by atoms with Gasteiger partial charge in [-0.2, -0.15) is 0 Å². The highest BCUT2D eigenvalue weighted by molar-refractivity contribution is 7.15. The maximum absolute atomic E-state index is 11.8. The van der Waals surface area contributed by atoms with Crippen molar-refractivity contribution in [1.82, 2.24) is 9.38 Å². The Hall–Kier alpha value is -2.76. The van der Waals surface area contributed by atoms with Crippen LogP contribution in [0.5, 0.6) is 0 Å². The Morgan fingerprint density at radius 3 is 2.64 bits per heavy atom. The van der Waals surface area contributed by atoms with E-state index in [4.69, 9.17) is 4.98 Å². The van der Waals surface area contributed by atoms with Crippen molar-refractivity contribution >= 4 is 44.7 Å². The third-order valence-electron chi connectivity index (χ3n) is 4.31. The fourth-order valence-electron chi connectivity index (χ4n) is 3.13. The van der Waals surface area contributed by atoms with Gasteiger partial charge in [-0.15, -0.1) is 22.7 Å². The second kappa shape index (κ2) is 5.65. The number of aldehydes is 1. The summed E-state index contributed by atoms with van der Waals surface area (Å²) >= 11 is 3.16. The summed E-state index contributed by atoms with van der Waals surface area (Å²) in [7, 11) is 0. The lowest BCUT2D eigenvalue weighted by atomic mass is 10.1. The fraction of sp³-hybridized carbons (Fsp3) is 0. The van der Waals surface area contributed by atoms with Crippen molar-refractivity contribution in [3.8, 4) is 21.8 Å². The average molecular weight is 360 g/mol. The molecule has 3 nitrogen and oxygen atoms in total. The van der Waals surface area contributed by atoms with Crippen LogP contribution < -0.4 is 0 Å². The predicted molar refractivity (Wildman–Crippen MR) is 105 cm³/mol. The summed E-state index contributed by atoms with van der Waals surface area (Å²) in [6.45, 7) is 0. The smallest absolute Gasteiger partial charge is 0.195 e. The van der Waals surface area contributed by atoms with E-state index < -0.39 is 0 Å². The van der Waals surface area contributed by atoms with Crippen molar-refractivity contribution in [3.63, 3.8) is 0 Å². The molecule has 5 rings (SSSR count). The minimum absolute atomic E-state index is 0.613. The molecular formula is C20H12N2OS2. The SMILES string of the molecule is O=Cc1c(-c2cccs2)nc2scc(-c3ccc4ccccc4c3)n12. The van der Waals surface area contributed by atoms with Crippen LogP contribution >= 0.6 is 22.7 Å². The van der Waals surface area contributed by atoms with Gasteiger partial charge in [0.25, 0.3) is 0 Å². The Morgan fingerprint density at radius 2 is 1.84 bits per heavy atom. The van der Waals surface area contributed by atoms with Crippen LogP contribution in [-0.4, -0.2) is 15.7 Å². The first-order valence-corrected chi connectivity index (χ1v) is 9.59. The number of nitrogens with zero attached hydrogens (tertiary/aromatic N) is 2. The zero-order valence-corrected chi connectivity index (χ0v) is 14.7. The molecule has 0 atom stereocenters. The first kappa shape index (κ1) is 14.6. The van der Waals surface area contributed by atoms with Crippen LogP contribution in [0.2, 0.25) is 0 Å². The molecule has 0 spiro atoms. The third-order valence-corrected chi connectivity index (χ3v) is 6.01. The van der Waals surface area contributed by atoms with Crippen LogP contribution in [0.4, 0.5) is 0 Å². The van der Waals surface area contributed by atoms with Crippen molar-refractivity contribution in [3.05, 3.63) is 71.1 Å². The van der Waals surface area contributed by atoms with Gasteiger partial charge in [0, 0.05) is 10.9 Å². The summed E-state index contributed by atoms with van der Waals surface area (Å²) in [5, 5.41) is 6.46. The van der Waals surface area contributed by atoms with E-state index in [0.29, 0.717) is 5.69 Å². The summed E-state index contributed by atoms with van der Waals surface area (Å²) < 4.78 is 1.97. The molecule has 5 heteroatoms. The number of imidazole rings is 1. The monoisotopic (exact) mass is 360 g/mol. The lowest BCUT2D eigenvalue weighted by Gasteiger charge is -2.04. The van der Waals surface area contributed by atoms with Gasteiger partial charge in [-0.1, -0.05) is 42.5 Å². The van der Waals surface area contributed by atoms with Crippen molar-refractivity contribution < 1.29 is 4.79 Å². The Bertz CT molecular complexity index is 1220. The van der Waals surface area contributed by atoms with E-state index in [1.807, 2.05) is 34.0 Å². The van der Waals surface area contributed by atoms with Gasteiger partial charge < -0.3 is 0 Å². The third kappa shape index (κ3) is 2.24. The molecule has 0 bridgehead atoms. The van der Waals surface area contributed by atoms with Crippen LogP contribution in [0.3, 0.4) is 0 Å². The van der Waals surface area contributed by atoms with Crippen LogP contribution in [0, 0.1) is 0 Å². The molecule has 0 radical (unpaired) electrons. The number of thiophene rings is 1. The molecule has 25 heavy (non-hydrogen) atoms. The first-order chi connectivity index (χ1) is 12.3. The number of rotatable bonds is 3. The molecule has 0 saturated heterocycles. The number of aromatic nitrogens is 2. The minimum atomic E-state index is 0.613. The van der Waals surface area contributed by atoms with E-state index >= 15 is 0 Å². The normalized spacial score (nSPS) is 11.4. The summed E-state index contributed by atoms with van der Waals surface area (Å²) in [4.78, 5) is 18.4. The van der Waals surface area contributed by atoms with E-state index in [1.54, 1.807) is 22.7 Å². The lowest BCUT2D eigenvalue weighted by Crippen LogP contribution is -1.93. The highest BCUT2D eigenvalue weighted by Crippen LogP contribution is 2.34. The molecule has 0 fully saturated rings. The number of fused-ring (bicyclic) bond motifs is 2. The van der Waals surface area contributed by atoms with Crippen molar-refractivity contribution in [2.75, 3.05) is 0 Å². The maximum Gasteiger partial charge on any atom is 0.195 e. The van der Waals surface area contributed by atoms with Crippen LogP contribution in [0.1, 0.15) is 10.5 Å². The molecule has 0 unspecified atom stereocenters. The van der Waals surface area contributed by atoms with E-state index in [2.05, 4.69) is 35.7 Å². The molecule has 3 aromatic heterocycles. The molecule has 3 heterocycles. The van der Waals surface area contributed by atoms with Gasteiger partial charge in [0.1, 0.15) is 11.4 Å². The lowest BCUT2D eigenvalue weighted by molar-refractivity contribution is 0.111. The summed E-state index contributed by atoms with van der Waals surface area (Å²) in [6.07, 6.45) is 0.909. The summed E-state index contributed by atoms with van der Waals surface area (Å²) in [5.41, 5.74) is 3.46. The van der Waals surface area contributed by atoms with E-state index in [1.165, 1.54) is 10.8 Å². The van der Waals surface area contributed by atoms with Crippen LogP contribution in [0.15, 0.2) is 65.4 Å². The number of carbonyl (C=O) groups excluding carboxylic acids is 1. The molecule has 0 aliphatic heterocycles. The largest absolute Gasteiger partial charge is 0.296 e. The number of thiazole rings is 1. The molecule has 2 aromatic carbocycles. The van der Waals surface area contributed by atoms with E-state index in [-0.39, 0.29) is 0 Å². The standard InChI is InChI=1S/C20H12N2OS2/c23-11-16-19(18-6-3-9-24-18)21-20-22(16)17(12-25-20)15-8-7-13-4-1-2-5-14(13)10-15/h1-12H. The van der Waals surface area contributed by atoms with Crippen LogP contribution in [0.25, 0.3) is 37.6 Å². The highest BCUT2D eigenvalue weighted by Gasteiger charge is 2.19. The van der Waals surface area contributed by atoms with Crippen molar-refractivity contribution in [2.24, 2.45) is 0 Å². The molecule has 5 aromatic rings. The second-order valence-electron chi connectivity index (χ2n) is 5.74. The molecule has 0 aliphatic rings. The Balaban J connectivity index is 1.77. The zero-order valence-electron chi connectivity index (χ0n) is 13.0. The number of benzene rings is 2. The van der Waals surface area contributed by atoms with Gasteiger partial charge in [0.15, 0.2) is 11.2 Å². The second-order valence-corrected chi connectivity index (χ2v) is 7.53. The van der Waals surface area contributed by atoms with Crippen molar-refractivity contribution in [2.45, 2.75) is 0 Å². The molecule has 0 saturated carbocycles. The van der Waals surface area contributed by atoms with E-state index in [0.717, 1.165) is 33.1 Å². The fourth-order valence-corrected chi connectivity index (χ4v) is 4.76. The summed E-state index contributed by atoms with van der Waals surface area (Å²) in [5.74, 6) is 0. The molecule has 0 aliphatic carbocycles.